The number of carbonyl (C=O) groups excluding carboxylic acids is 2. The van der Waals surface area contributed by atoms with E-state index in [1.165, 1.54) is 23.9 Å². The molecule has 0 aliphatic rings. The van der Waals surface area contributed by atoms with Gasteiger partial charge in [0.15, 0.2) is 5.78 Å². The minimum atomic E-state index is -0.701. The van der Waals surface area contributed by atoms with Crippen LogP contribution in [0.25, 0.3) is 0 Å². The fourth-order valence-corrected chi connectivity index (χ4v) is 2.39. The molecule has 1 aromatic rings. The number of hydrogen-bond donors (Lipinski definition) is 0. The summed E-state index contributed by atoms with van der Waals surface area (Å²) in [6.07, 6.45) is 0.432. The standard InChI is InChI=1S/C14H17FO3S/c1-3-12(14(17)18-4-2)13(16)9-19-11-7-5-10(15)6-8-11/h5-8,12H,3-4,9H2,1-2H3. The number of halogens is 1. The van der Waals surface area contributed by atoms with Gasteiger partial charge in [0.25, 0.3) is 0 Å². The van der Waals surface area contributed by atoms with E-state index in [1.807, 2.05) is 0 Å². The zero-order valence-corrected chi connectivity index (χ0v) is 11.8. The predicted octanol–water partition coefficient (Wildman–Crippen LogP) is 3.08. The molecule has 0 bridgehead atoms. The van der Waals surface area contributed by atoms with Crippen LogP contribution in [-0.4, -0.2) is 24.1 Å². The van der Waals surface area contributed by atoms with Gasteiger partial charge in [0, 0.05) is 4.90 Å². The molecule has 0 saturated heterocycles. The maximum atomic E-state index is 12.7. The van der Waals surface area contributed by atoms with Crippen molar-refractivity contribution in [2.24, 2.45) is 5.92 Å². The average Bonchev–Trinajstić information content (AvgIpc) is 2.39. The van der Waals surface area contributed by atoms with Gasteiger partial charge in [-0.25, -0.2) is 4.39 Å². The van der Waals surface area contributed by atoms with E-state index in [9.17, 15) is 14.0 Å². The van der Waals surface area contributed by atoms with Crippen molar-refractivity contribution < 1.29 is 18.7 Å². The van der Waals surface area contributed by atoms with Crippen molar-refractivity contribution in [2.75, 3.05) is 12.4 Å². The number of esters is 1. The summed E-state index contributed by atoms with van der Waals surface area (Å²) < 4.78 is 17.6. The van der Waals surface area contributed by atoms with Crippen LogP contribution in [0.3, 0.4) is 0 Å². The topological polar surface area (TPSA) is 43.4 Å². The number of ketones is 1. The van der Waals surface area contributed by atoms with Gasteiger partial charge in [-0.2, -0.15) is 0 Å². The first-order chi connectivity index (χ1) is 9.08. The molecule has 19 heavy (non-hydrogen) atoms. The Morgan fingerprint density at radius 1 is 1.26 bits per heavy atom. The van der Waals surface area contributed by atoms with Crippen molar-refractivity contribution >= 4 is 23.5 Å². The quantitative estimate of drug-likeness (QED) is 0.438. The summed E-state index contributed by atoms with van der Waals surface area (Å²) in [7, 11) is 0. The Balaban J connectivity index is 2.53. The number of benzene rings is 1. The molecule has 104 valence electrons. The lowest BCUT2D eigenvalue weighted by atomic mass is 10.0. The molecule has 1 atom stereocenters. The van der Waals surface area contributed by atoms with E-state index in [-0.39, 0.29) is 24.0 Å². The molecule has 0 aliphatic carbocycles. The molecule has 1 aromatic carbocycles. The zero-order valence-electron chi connectivity index (χ0n) is 11.0. The van der Waals surface area contributed by atoms with Gasteiger partial charge >= 0.3 is 5.97 Å². The van der Waals surface area contributed by atoms with Crippen molar-refractivity contribution in [1.29, 1.82) is 0 Å². The molecular weight excluding hydrogens is 267 g/mol. The van der Waals surface area contributed by atoms with Crippen LogP contribution >= 0.6 is 11.8 Å². The SMILES string of the molecule is CCOC(=O)C(CC)C(=O)CSc1ccc(F)cc1. The molecule has 0 spiro atoms. The Morgan fingerprint density at radius 2 is 1.89 bits per heavy atom. The lowest BCUT2D eigenvalue weighted by Crippen LogP contribution is -2.27. The fraction of sp³-hybridized carbons (Fsp3) is 0.429. The summed E-state index contributed by atoms with van der Waals surface area (Å²) in [5.74, 6) is -1.45. The van der Waals surface area contributed by atoms with Crippen molar-refractivity contribution in [3.8, 4) is 0 Å². The van der Waals surface area contributed by atoms with Crippen LogP contribution in [0.4, 0.5) is 4.39 Å². The second-order valence-electron chi connectivity index (χ2n) is 3.92. The summed E-state index contributed by atoms with van der Waals surface area (Å²) in [6.45, 7) is 3.76. The third kappa shape index (κ3) is 5.03. The van der Waals surface area contributed by atoms with Crippen molar-refractivity contribution in [2.45, 2.75) is 25.2 Å². The maximum Gasteiger partial charge on any atom is 0.316 e. The average molecular weight is 284 g/mol. The van der Waals surface area contributed by atoms with Crippen LogP contribution in [0.1, 0.15) is 20.3 Å². The van der Waals surface area contributed by atoms with Gasteiger partial charge in [-0.1, -0.05) is 6.92 Å². The highest BCUT2D eigenvalue weighted by molar-refractivity contribution is 8.00. The Labute approximate surface area is 116 Å². The molecule has 1 rings (SSSR count). The number of carbonyl (C=O) groups is 2. The lowest BCUT2D eigenvalue weighted by molar-refractivity contribution is -0.151. The molecule has 0 aromatic heterocycles. The summed E-state index contributed by atoms with van der Waals surface area (Å²) >= 11 is 1.29. The molecule has 3 nitrogen and oxygen atoms in total. The Hall–Kier alpha value is -1.36. The minimum Gasteiger partial charge on any atom is -0.465 e. The molecule has 0 N–H and O–H groups in total. The summed E-state index contributed by atoms with van der Waals surface area (Å²) in [4.78, 5) is 24.3. The van der Waals surface area contributed by atoms with E-state index >= 15 is 0 Å². The first-order valence-electron chi connectivity index (χ1n) is 6.16. The van der Waals surface area contributed by atoms with Crippen LogP contribution in [0.15, 0.2) is 29.2 Å². The molecular formula is C14H17FO3S. The van der Waals surface area contributed by atoms with Gasteiger partial charge in [-0.15, -0.1) is 11.8 Å². The second-order valence-corrected chi connectivity index (χ2v) is 4.97. The fourth-order valence-electron chi connectivity index (χ4n) is 1.55. The summed E-state index contributed by atoms with van der Waals surface area (Å²) in [6, 6.07) is 5.90. The largest absolute Gasteiger partial charge is 0.465 e. The van der Waals surface area contributed by atoms with Crippen LogP contribution in [-0.2, 0) is 14.3 Å². The van der Waals surface area contributed by atoms with E-state index in [0.717, 1.165) is 4.90 Å². The number of rotatable bonds is 7. The van der Waals surface area contributed by atoms with Gasteiger partial charge in [0.1, 0.15) is 11.7 Å². The van der Waals surface area contributed by atoms with Crippen molar-refractivity contribution in [3.63, 3.8) is 0 Å². The molecule has 0 amide bonds. The lowest BCUT2D eigenvalue weighted by Gasteiger charge is -2.12. The molecule has 0 fully saturated rings. The van der Waals surface area contributed by atoms with E-state index in [1.54, 1.807) is 26.0 Å². The number of ether oxygens (including phenoxy) is 1. The normalized spacial score (nSPS) is 11.9. The molecule has 0 radical (unpaired) electrons. The van der Waals surface area contributed by atoms with E-state index in [4.69, 9.17) is 4.74 Å². The van der Waals surface area contributed by atoms with Crippen LogP contribution < -0.4 is 0 Å². The molecule has 0 saturated carbocycles. The Bertz CT molecular complexity index is 431. The van der Waals surface area contributed by atoms with Gasteiger partial charge in [-0.3, -0.25) is 9.59 Å². The third-order valence-corrected chi connectivity index (χ3v) is 3.60. The predicted molar refractivity (Wildman–Crippen MR) is 72.5 cm³/mol. The number of thioether (sulfide) groups is 1. The minimum absolute atomic E-state index is 0.157. The maximum absolute atomic E-state index is 12.7. The molecule has 0 heterocycles. The van der Waals surface area contributed by atoms with E-state index in [2.05, 4.69) is 0 Å². The van der Waals surface area contributed by atoms with Gasteiger partial charge < -0.3 is 4.74 Å². The number of Topliss-reactive ketones (excluding diaryl/α,β-unsaturated/α-hetero) is 1. The van der Waals surface area contributed by atoms with Gasteiger partial charge in [-0.05, 0) is 37.6 Å². The highest BCUT2D eigenvalue weighted by atomic mass is 32.2. The monoisotopic (exact) mass is 284 g/mol. The first kappa shape index (κ1) is 15.7. The van der Waals surface area contributed by atoms with Crippen molar-refractivity contribution in [3.05, 3.63) is 30.1 Å². The smallest absolute Gasteiger partial charge is 0.316 e. The molecule has 1 unspecified atom stereocenters. The van der Waals surface area contributed by atoms with E-state index in [0.29, 0.717) is 6.42 Å². The van der Waals surface area contributed by atoms with Gasteiger partial charge in [0.2, 0.25) is 0 Å². The number of hydrogen-bond acceptors (Lipinski definition) is 4. The van der Waals surface area contributed by atoms with Crippen LogP contribution in [0.2, 0.25) is 0 Å². The highest BCUT2D eigenvalue weighted by Gasteiger charge is 2.25. The van der Waals surface area contributed by atoms with Crippen LogP contribution in [0, 0.1) is 11.7 Å². The Kier molecular flexibility index (Phi) is 6.56. The molecule has 5 heteroatoms. The summed E-state index contributed by atoms with van der Waals surface area (Å²) in [5, 5.41) is 0. The van der Waals surface area contributed by atoms with Gasteiger partial charge in [0.05, 0.1) is 12.4 Å². The zero-order chi connectivity index (χ0) is 14.3. The Morgan fingerprint density at radius 3 is 2.42 bits per heavy atom. The first-order valence-corrected chi connectivity index (χ1v) is 7.14. The summed E-state index contributed by atoms with van der Waals surface area (Å²) in [5.41, 5.74) is 0. The van der Waals surface area contributed by atoms with Crippen molar-refractivity contribution in [1.82, 2.24) is 0 Å². The molecule has 0 aliphatic heterocycles. The second kappa shape index (κ2) is 7.94. The highest BCUT2D eigenvalue weighted by Crippen LogP contribution is 2.20. The van der Waals surface area contributed by atoms with Crippen LogP contribution in [0.5, 0.6) is 0 Å². The third-order valence-electron chi connectivity index (χ3n) is 2.56. The van der Waals surface area contributed by atoms with E-state index < -0.39 is 11.9 Å².